The minimum Gasteiger partial charge on any atom is -0.478 e. The van der Waals surface area contributed by atoms with Crippen LogP contribution in [0.1, 0.15) is 45.3 Å². The summed E-state index contributed by atoms with van der Waals surface area (Å²) in [5, 5.41) is 12.4. The molecule has 5 heteroatoms. The molecule has 2 aromatic rings. The average Bonchev–Trinajstić information content (AvgIpc) is 2.96. The van der Waals surface area contributed by atoms with E-state index in [1.165, 1.54) is 17.8 Å². The second-order valence-electron chi connectivity index (χ2n) is 5.28. The maximum Gasteiger partial charge on any atom is 0.335 e. The van der Waals surface area contributed by atoms with Gasteiger partial charge in [0.2, 0.25) is 0 Å². The van der Waals surface area contributed by atoms with E-state index < -0.39 is 5.97 Å². The number of rotatable bonds is 5. The molecule has 3 rings (SSSR count). The number of carboxylic acid groups (broad SMARTS) is 1. The van der Waals surface area contributed by atoms with Gasteiger partial charge in [0.15, 0.2) is 0 Å². The summed E-state index contributed by atoms with van der Waals surface area (Å²) in [6, 6.07) is 5.24. The molecule has 1 atom stereocenters. The first kappa shape index (κ1) is 14.4. The molecule has 5 nitrogen and oxygen atoms in total. The smallest absolute Gasteiger partial charge is 0.335 e. The van der Waals surface area contributed by atoms with Gasteiger partial charge in [-0.15, -0.1) is 0 Å². The zero-order valence-electron chi connectivity index (χ0n) is 12.1. The van der Waals surface area contributed by atoms with Crippen LogP contribution in [0.4, 0.5) is 0 Å². The summed E-state index contributed by atoms with van der Waals surface area (Å²) in [5.41, 5.74) is 4.42. The van der Waals surface area contributed by atoms with Crippen molar-refractivity contribution in [3.05, 3.63) is 65.2 Å². The normalized spacial score (nSPS) is 16.3. The van der Waals surface area contributed by atoms with Gasteiger partial charge in [0.05, 0.1) is 23.0 Å². The summed E-state index contributed by atoms with van der Waals surface area (Å²) >= 11 is 0. The lowest BCUT2D eigenvalue weighted by atomic mass is 10.1. The summed E-state index contributed by atoms with van der Waals surface area (Å²) in [4.78, 5) is 19.7. The maximum atomic E-state index is 11.0. The molecule has 0 aromatic carbocycles. The molecule has 0 radical (unpaired) electrons. The van der Waals surface area contributed by atoms with E-state index in [0.717, 1.165) is 24.1 Å². The lowest BCUT2D eigenvalue weighted by Gasteiger charge is -2.13. The number of hydrogen-bond acceptors (Lipinski definition) is 4. The van der Waals surface area contributed by atoms with E-state index in [4.69, 9.17) is 5.11 Å². The predicted octanol–water partition coefficient (Wildman–Crippen LogP) is 2.59. The molecule has 1 unspecified atom stereocenters. The van der Waals surface area contributed by atoms with Crippen LogP contribution in [0.3, 0.4) is 0 Å². The molecule has 0 saturated heterocycles. The van der Waals surface area contributed by atoms with E-state index in [1.807, 2.05) is 12.1 Å². The second-order valence-corrected chi connectivity index (χ2v) is 5.28. The fraction of sp³-hybridized carbons (Fsp3) is 0.235. The van der Waals surface area contributed by atoms with Gasteiger partial charge < -0.3 is 10.4 Å². The molecule has 22 heavy (non-hydrogen) atoms. The van der Waals surface area contributed by atoms with E-state index >= 15 is 0 Å². The molecule has 0 spiro atoms. The van der Waals surface area contributed by atoms with E-state index in [9.17, 15) is 4.79 Å². The number of pyridine rings is 2. The molecule has 2 aromatic heterocycles. The highest BCUT2D eigenvalue weighted by atomic mass is 16.4. The molecule has 1 aliphatic rings. The van der Waals surface area contributed by atoms with Gasteiger partial charge in [-0.2, -0.15) is 0 Å². The van der Waals surface area contributed by atoms with Crippen LogP contribution in [0.25, 0.3) is 6.08 Å². The van der Waals surface area contributed by atoms with Crippen LogP contribution in [0.2, 0.25) is 0 Å². The van der Waals surface area contributed by atoms with Crippen molar-refractivity contribution in [1.29, 1.82) is 0 Å². The Bertz CT molecular complexity index is 728. The van der Waals surface area contributed by atoms with Gasteiger partial charge in [0.1, 0.15) is 0 Å². The molecule has 0 amide bonds. The number of carboxylic acids is 1. The Balaban J connectivity index is 1.73. The Kier molecular flexibility index (Phi) is 3.98. The van der Waals surface area contributed by atoms with E-state index in [0.29, 0.717) is 12.2 Å². The summed E-state index contributed by atoms with van der Waals surface area (Å²) < 4.78 is 0. The van der Waals surface area contributed by atoms with Crippen molar-refractivity contribution in [3.63, 3.8) is 0 Å². The van der Waals surface area contributed by atoms with Gasteiger partial charge in [0, 0.05) is 18.9 Å². The highest BCUT2D eigenvalue weighted by molar-refractivity contribution is 5.87. The van der Waals surface area contributed by atoms with Gasteiger partial charge in [-0.05, 0) is 42.2 Å². The minimum atomic E-state index is -0.938. The van der Waals surface area contributed by atoms with Crippen LogP contribution < -0.4 is 5.32 Å². The predicted molar refractivity (Wildman–Crippen MR) is 83.4 cm³/mol. The first-order chi connectivity index (χ1) is 10.7. The average molecular weight is 295 g/mol. The number of hydrogen-bond donors (Lipinski definition) is 2. The first-order valence-electron chi connectivity index (χ1n) is 7.21. The van der Waals surface area contributed by atoms with Crippen molar-refractivity contribution < 1.29 is 9.90 Å². The highest BCUT2D eigenvalue weighted by Gasteiger charge is 2.25. The van der Waals surface area contributed by atoms with Crippen molar-refractivity contribution in [2.45, 2.75) is 25.4 Å². The van der Waals surface area contributed by atoms with Crippen molar-refractivity contribution >= 4 is 12.0 Å². The molecule has 2 N–H and O–H groups in total. The van der Waals surface area contributed by atoms with Crippen LogP contribution in [-0.4, -0.2) is 21.0 Å². The molecular formula is C17H17N3O2. The number of fused-ring (bicyclic) bond motifs is 1. The summed E-state index contributed by atoms with van der Waals surface area (Å²) in [6.45, 7) is 4.36. The fourth-order valence-electron chi connectivity index (χ4n) is 2.85. The number of nitrogens with zero attached hydrogens (tertiary/aromatic N) is 2. The molecule has 0 fully saturated rings. The number of aromatic nitrogens is 2. The van der Waals surface area contributed by atoms with Crippen molar-refractivity contribution in [3.8, 4) is 0 Å². The Morgan fingerprint density at radius 1 is 1.41 bits per heavy atom. The van der Waals surface area contributed by atoms with Crippen LogP contribution >= 0.6 is 0 Å². The third kappa shape index (κ3) is 2.76. The van der Waals surface area contributed by atoms with Crippen molar-refractivity contribution in [2.24, 2.45) is 0 Å². The lowest BCUT2D eigenvalue weighted by molar-refractivity contribution is 0.0696. The largest absolute Gasteiger partial charge is 0.478 e. The molecule has 0 aliphatic heterocycles. The summed E-state index contributed by atoms with van der Waals surface area (Å²) in [7, 11) is 0. The van der Waals surface area contributed by atoms with Crippen molar-refractivity contribution in [2.75, 3.05) is 0 Å². The summed E-state index contributed by atoms with van der Waals surface area (Å²) in [6.07, 6.45) is 7.15. The van der Waals surface area contributed by atoms with Gasteiger partial charge >= 0.3 is 5.97 Å². The van der Waals surface area contributed by atoms with E-state index in [1.54, 1.807) is 12.3 Å². The lowest BCUT2D eigenvalue weighted by Crippen LogP contribution is -2.20. The second kappa shape index (κ2) is 6.07. The Hall–Kier alpha value is -2.53. The van der Waals surface area contributed by atoms with Gasteiger partial charge in [-0.25, -0.2) is 4.79 Å². The Morgan fingerprint density at radius 2 is 2.23 bits per heavy atom. The SMILES string of the molecule is C=Cc1ccnc2c1CCC2NCc1cc(C(=O)O)ccn1. The van der Waals surface area contributed by atoms with E-state index in [-0.39, 0.29) is 11.6 Å². The fourth-order valence-corrected chi connectivity index (χ4v) is 2.85. The van der Waals surface area contributed by atoms with E-state index in [2.05, 4.69) is 21.9 Å². The molecule has 0 saturated carbocycles. The quantitative estimate of drug-likeness (QED) is 0.886. The monoisotopic (exact) mass is 295 g/mol. The highest BCUT2D eigenvalue weighted by Crippen LogP contribution is 2.32. The van der Waals surface area contributed by atoms with Gasteiger partial charge in [0.25, 0.3) is 0 Å². The standard InChI is InChI=1S/C17H17N3O2/c1-2-11-5-8-19-16-14(11)3-4-15(16)20-10-13-9-12(17(21)22)6-7-18-13/h2,5-9,15,20H,1,3-4,10H2,(H,21,22). The molecule has 0 bridgehead atoms. The van der Waals surface area contributed by atoms with Crippen LogP contribution in [-0.2, 0) is 13.0 Å². The number of carbonyl (C=O) groups is 1. The Labute approximate surface area is 128 Å². The molecular weight excluding hydrogens is 278 g/mol. The molecule has 112 valence electrons. The van der Waals surface area contributed by atoms with Crippen LogP contribution in [0.15, 0.2) is 37.2 Å². The molecule has 1 aliphatic carbocycles. The zero-order valence-corrected chi connectivity index (χ0v) is 12.1. The minimum absolute atomic E-state index is 0.171. The van der Waals surface area contributed by atoms with Gasteiger partial charge in [-0.1, -0.05) is 12.7 Å². The third-order valence-corrected chi connectivity index (χ3v) is 3.95. The maximum absolute atomic E-state index is 11.0. The van der Waals surface area contributed by atoms with Crippen LogP contribution in [0.5, 0.6) is 0 Å². The zero-order chi connectivity index (χ0) is 15.5. The third-order valence-electron chi connectivity index (χ3n) is 3.95. The van der Waals surface area contributed by atoms with Gasteiger partial charge in [-0.3, -0.25) is 9.97 Å². The summed E-state index contributed by atoms with van der Waals surface area (Å²) in [5.74, 6) is -0.938. The van der Waals surface area contributed by atoms with Crippen molar-refractivity contribution in [1.82, 2.24) is 15.3 Å². The topological polar surface area (TPSA) is 75.1 Å². The Morgan fingerprint density at radius 3 is 3.00 bits per heavy atom. The first-order valence-corrected chi connectivity index (χ1v) is 7.21. The number of aromatic carboxylic acids is 1. The van der Waals surface area contributed by atoms with Crippen LogP contribution in [0, 0.1) is 0 Å². The number of nitrogens with one attached hydrogen (secondary N) is 1. The molecule has 2 heterocycles.